The summed E-state index contributed by atoms with van der Waals surface area (Å²) in [6.07, 6.45) is 1.00. The Morgan fingerprint density at radius 2 is 2.11 bits per heavy atom. The van der Waals surface area contributed by atoms with Crippen molar-refractivity contribution in [2.24, 2.45) is 5.73 Å². The van der Waals surface area contributed by atoms with Crippen molar-refractivity contribution < 1.29 is 9.90 Å². The Bertz CT molecular complexity index is 512. The van der Waals surface area contributed by atoms with Crippen molar-refractivity contribution in [1.82, 2.24) is 0 Å². The van der Waals surface area contributed by atoms with Crippen LogP contribution in [0.25, 0.3) is 0 Å². The molecule has 1 fully saturated rings. The number of nitriles is 1. The molecule has 1 aliphatic heterocycles. The quantitative estimate of drug-likeness (QED) is 0.710. The lowest BCUT2D eigenvalue weighted by Gasteiger charge is -2.30. The minimum Gasteiger partial charge on any atom is -0.396 e. The van der Waals surface area contributed by atoms with Gasteiger partial charge in [0.25, 0.3) is 5.91 Å². The highest BCUT2D eigenvalue weighted by atomic mass is 32.1. The third-order valence-electron chi connectivity index (χ3n) is 3.01. The minimum absolute atomic E-state index is 0.163. The zero-order valence-electron chi connectivity index (χ0n) is 9.72. The van der Waals surface area contributed by atoms with Crippen LogP contribution in [0.1, 0.15) is 28.1 Å². The third-order valence-corrected chi connectivity index (χ3v) is 4.29. The number of anilines is 2. The first-order valence-electron chi connectivity index (χ1n) is 5.59. The maximum absolute atomic E-state index is 11.2. The van der Waals surface area contributed by atoms with E-state index in [2.05, 4.69) is 0 Å². The van der Waals surface area contributed by atoms with E-state index >= 15 is 0 Å². The van der Waals surface area contributed by atoms with Gasteiger partial charge in [0.2, 0.25) is 0 Å². The van der Waals surface area contributed by atoms with Crippen molar-refractivity contribution >= 4 is 27.9 Å². The van der Waals surface area contributed by atoms with Crippen molar-refractivity contribution in [1.29, 1.82) is 5.26 Å². The molecule has 0 unspecified atom stereocenters. The van der Waals surface area contributed by atoms with Crippen LogP contribution >= 0.6 is 11.3 Å². The molecule has 0 aromatic carbocycles. The van der Waals surface area contributed by atoms with E-state index in [0.29, 0.717) is 36.5 Å². The SMILES string of the molecule is N#Cc1c(N2CCC(O)CC2)sc(C(N)=O)c1N. The number of rotatable bonds is 2. The zero-order valence-corrected chi connectivity index (χ0v) is 10.5. The van der Waals surface area contributed by atoms with Gasteiger partial charge in [-0.25, -0.2) is 0 Å². The Hall–Kier alpha value is -1.78. The molecule has 0 radical (unpaired) electrons. The number of amides is 1. The lowest BCUT2D eigenvalue weighted by molar-refractivity contribution is 0.100. The molecule has 6 nitrogen and oxygen atoms in total. The number of nitrogens with zero attached hydrogens (tertiary/aromatic N) is 2. The molecular formula is C11H14N4O2S. The topological polar surface area (TPSA) is 116 Å². The predicted molar refractivity (Wildman–Crippen MR) is 69.4 cm³/mol. The van der Waals surface area contributed by atoms with E-state index in [-0.39, 0.29) is 16.7 Å². The lowest BCUT2D eigenvalue weighted by Crippen LogP contribution is -2.35. The predicted octanol–water partition coefficient (Wildman–Crippen LogP) is 0.262. The molecule has 1 aromatic rings. The van der Waals surface area contributed by atoms with Crippen LogP contribution in [0.5, 0.6) is 0 Å². The summed E-state index contributed by atoms with van der Waals surface area (Å²) in [4.78, 5) is 13.4. The van der Waals surface area contributed by atoms with E-state index in [1.807, 2.05) is 11.0 Å². The lowest BCUT2D eigenvalue weighted by atomic mass is 10.1. The fourth-order valence-electron chi connectivity index (χ4n) is 2.01. The first-order valence-corrected chi connectivity index (χ1v) is 6.41. The molecule has 5 N–H and O–H groups in total. The number of primary amides is 1. The van der Waals surface area contributed by atoms with Crippen molar-refractivity contribution in [2.45, 2.75) is 18.9 Å². The number of aliphatic hydroxyl groups excluding tert-OH is 1. The summed E-state index contributed by atoms with van der Waals surface area (Å²) >= 11 is 1.15. The van der Waals surface area contributed by atoms with Gasteiger partial charge in [0.1, 0.15) is 21.5 Å². The normalized spacial score (nSPS) is 16.6. The summed E-state index contributed by atoms with van der Waals surface area (Å²) in [6.45, 7) is 1.29. The molecule has 18 heavy (non-hydrogen) atoms. The number of thiophene rings is 1. The van der Waals surface area contributed by atoms with Gasteiger partial charge in [-0.05, 0) is 12.8 Å². The number of hydrogen-bond donors (Lipinski definition) is 3. The van der Waals surface area contributed by atoms with Crippen LogP contribution in [-0.2, 0) is 0 Å². The van der Waals surface area contributed by atoms with Gasteiger partial charge in [0.05, 0.1) is 11.8 Å². The van der Waals surface area contributed by atoms with E-state index in [1.165, 1.54) is 0 Å². The maximum Gasteiger partial charge on any atom is 0.261 e. The highest BCUT2D eigenvalue weighted by Crippen LogP contribution is 2.38. The van der Waals surface area contributed by atoms with E-state index in [1.54, 1.807) is 0 Å². The number of nitrogens with two attached hydrogens (primary N) is 2. The summed E-state index contributed by atoms with van der Waals surface area (Å²) < 4.78 is 0. The van der Waals surface area contributed by atoms with Crippen LogP contribution in [0.3, 0.4) is 0 Å². The molecule has 0 saturated carbocycles. The Morgan fingerprint density at radius 1 is 1.50 bits per heavy atom. The van der Waals surface area contributed by atoms with Gasteiger partial charge in [-0.1, -0.05) is 0 Å². The Balaban J connectivity index is 2.36. The van der Waals surface area contributed by atoms with E-state index in [0.717, 1.165) is 11.3 Å². The third kappa shape index (κ3) is 2.12. The Kier molecular flexibility index (Phi) is 3.41. The molecule has 2 heterocycles. The van der Waals surface area contributed by atoms with Crippen LogP contribution in [0.15, 0.2) is 0 Å². The highest BCUT2D eigenvalue weighted by molar-refractivity contribution is 7.19. The van der Waals surface area contributed by atoms with Crippen molar-refractivity contribution in [3.8, 4) is 6.07 Å². The largest absolute Gasteiger partial charge is 0.396 e. The Labute approximate surface area is 108 Å². The monoisotopic (exact) mass is 266 g/mol. The summed E-state index contributed by atoms with van der Waals surface area (Å²) in [5, 5.41) is 19.3. The maximum atomic E-state index is 11.2. The number of piperidine rings is 1. The van der Waals surface area contributed by atoms with Gasteiger partial charge in [0.15, 0.2) is 0 Å². The zero-order chi connectivity index (χ0) is 13.3. The molecule has 7 heteroatoms. The number of carbonyl (C=O) groups excluding carboxylic acids is 1. The number of aliphatic hydroxyl groups is 1. The van der Waals surface area contributed by atoms with Gasteiger partial charge < -0.3 is 21.5 Å². The summed E-state index contributed by atoms with van der Waals surface area (Å²) in [5.74, 6) is -0.614. The molecule has 1 amide bonds. The van der Waals surface area contributed by atoms with Crippen molar-refractivity contribution in [2.75, 3.05) is 23.7 Å². The van der Waals surface area contributed by atoms with Gasteiger partial charge in [0, 0.05) is 13.1 Å². The average Bonchev–Trinajstić information content (AvgIpc) is 2.67. The smallest absolute Gasteiger partial charge is 0.261 e. The van der Waals surface area contributed by atoms with Crippen LogP contribution in [0.4, 0.5) is 10.7 Å². The van der Waals surface area contributed by atoms with E-state index in [4.69, 9.17) is 16.7 Å². The number of carbonyl (C=O) groups is 1. The first-order chi connectivity index (χ1) is 8.54. The second-order valence-corrected chi connectivity index (χ2v) is 5.22. The van der Waals surface area contributed by atoms with Crippen LogP contribution in [0.2, 0.25) is 0 Å². The van der Waals surface area contributed by atoms with Gasteiger partial charge >= 0.3 is 0 Å². The second kappa shape index (κ2) is 4.84. The van der Waals surface area contributed by atoms with Crippen molar-refractivity contribution in [3.05, 3.63) is 10.4 Å². The molecule has 0 bridgehead atoms. The van der Waals surface area contributed by atoms with Crippen LogP contribution in [-0.4, -0.2) is 30.2 Å². The molecule has 1 aromatic heterocycles. The first kappa shape index (κ1) is 12.7. The van der Waals surface area contributed by atoms with Crippen LogP contribution < -0.4 is 16.4 Å². The molecule has 2 rings (SSSR count). The fraction of sp³-hybridized carbons (Fsp3) is 0.455. The van der Waals surface area contributed by atoms with Crippen molar-refractivity contribution in [3.63, 3.8) is 0 Å². The minimum atomic E-state index is -0.614. The number of nitrogen functional groups attached to an aromatic ring is 1. The molecule has 0 aliphatic carbocycles. The highest BCUT2D eigenvalue weighted by Gasteiger charge is 2.25. The van der Waals surface area contributed by atoms with E-state index < -0.39 is 5.91 Å². The Morgan fingerprint density at radius 3 is 2.61 bits per heavy atom. The molecule has 0 atom stereocenters. The molecule has 1 saturated heterocycles. The summed E-state index contributed by atoms with van der Waals surface area (Å²) in [5.41, 5.74) is 11.5. The molecule has 96 valence electrons. The fourth-order valence-corrected chi connectivity index (χ4v) is 3.09. The summed E-state index contributed by atoms with van der Waals surface area (Å²) in [6, 6.07) is 2.02. The standard InChI is InChI=1S/C11H14N4O2S/c12-5-7-8(13)9(10(14)17)18-11(7)15-3-1-6(16)2-4-15/h6,16H,1-4,13H2,(H2,14,17). The molecule has 1 aliphatic rings. The average molecular weight is 266 g/mol. The number of hydrogen-bond acceptors (Lipinski definition) is 6. The van der Waals surface area contributed by atoms with Gasteiger partial charge in [-0.15, -0.1) is 11.3 Å². The van der Waals surface area contributed by atoms with Gasteiger partial charge in [-0.3, -0.25) is 4.79 Å². The molecular weight excluding hydrogens is 252 g/mol. The van der Waals surface area contributed by atoms with Crippen LogP contribution in [0, 0.1) is 11.3 Å². The molecule has 0 spiro atoms. The van der Waals surface area contributed by atoms with Gasteiger partial charge in [-0.2, -0.15) is 5.26 Å². The second-order valence-electron chi connectivity index (χ2n) is 4.22. The summed E-state index contributed by atoms with van der Waals surface area (Å²) in [7, 11) is 0. The van der Waals surface area contributed by atoms with E-state index in [9.17, 15) is 9.90 Å².